The summed E-state index contributed by atoms with van der Waals surface area (Å²) in [6, 6.07) is 12.4. The fraction of sp³-hybridized carbons (Fsp3) is 0.417. The van der Waals surface area contributed by atoms with Gasteiger partial charge >= 0.3 is 6.03 Å². The van der Waals surface area contributed by atoms with Gasteiger partial charge < -0.3 is 10.2 Å². The Morgan fingerprint density at radius 2 is 1.91 bits per heavy atom. The molecule has 2 aliphatic rings. The predicted molar refractivity (Wildman–Crippen MR) is 125 cm³/mol. The first-order valence-corrected chi connectivity index (χ1v) is 11.8. The van der Waals surface area contributed by atoms with Gasteiger partial charge in [0.2, 0.25) is 5.91 Å². The Balaban J connectivity index is 1.53. The Morgan fingerprint density at radius 3 is 2.53 bits per heavy atom. The standard InChI is InChI=1S/C24H27BrN4O3/c1-2-17-10-12-24(13-11-17)22(31)29(23(32)27-24)16-21(30)28(15-19-5-3-4-14-26-19)20-8-6-18(25)7-9-20/h3-9,14,17H,2,10-13,15-16H2,1H3,(H,27,32). The Morgan fingerprint density at radius 1 is 1.19 bits per heavy atom. The van der Waals surface area contributed by atoms with Crippen LogP contribution in [0.25, 0.3) is 0 Å². The highest BCUT2D eigenvalue weighted by Gasteiger charge is 2.52. The smallest absolute Gasteiger partial charge is 0.323 e. The molecule has 2 fully saturated rings. The molecule has 0 radical (unpaired) electrons. The van der Waals surface area contributed by atoms with Crippen LogP contribution in [0, 0.1) is 5.92 Å². The summed E-state index contributed by atoms with van der Waals surface area (Å²) in [6.45, 7) is 2.10. The van der Waals surface area contributed by atoms with E-state index in [9.17, 15) is 14.4 Å². The Kier molecular flexibility index (Phi) is 6.60. The van der Waals surface area contributed by atoms with Crippen molar-refractivity contribution < 1.29 is 14.4 Å². The van der Waals surface area contributed by atoms with Gasteiger partial charge in [-0.05, 0) is 68.0 Å². The fourth-order valence-corrected chi connectivity index (χ4v) is 4.82. The fourth-order valence-electron chi connectivity index (χ4n) is 4.56. The van der Waals surface area contributed by atoms with Crippen molar-refractivity contribution in [2.45, 2.75) is 51.1 Å². The Hall–Kier alpha value is -2.74. The summed E-state index contributed by atoms with van der Waals surface area (Å²) >= 11 is 3.41. The van der Waals surface area contributed by atoms with E-state index in [4.69, 9.17) is 0 Å². The van der Waals surface area contributed by atoms with Crippen LogP contribution < -0.4 is 10.2 Å². The molecule has 1 aromatic heterocycles. The summed E-state index contributed by atoms with van der Waals surface area (Å²) in [4.78, 5) is 46.3. The Labute approximate surface area is 196 Å². The number of imide groups is 1. The molecule has 168 valence electrons. The van der Waals surface area contributed by atoms with Crippen LogP contribution in [0.5, 0.6) is 0 Å². The number of anilines is 1. The summed E-state index contributed by atoms with van der Waals surface area (Å²) < 4.78 is 0.894. The van der Waals surface area contributed by atoms with Crippen molar-refractivity contribution in [2.24, 2.45) is 5.92 Å². The van der Waals surface area contributed by atoms with Gasteiger partial charge in [0, 0.05) is 16.4 Å². The van der Waals surface area contributed by atoms with Crippen LogP contribution >= 0.6 is 15.9 Å². The molecule has 1 aliphatic carbocycles. The molecule has 0 unspecified atom stereocenters. The molecule has 1 saturated heterocycles. The highest BCUT2D eigenvalue weighted by molar-refractivity contribution is 9.10. The third-order valence-corrected chi connectivity index (χ3v) is 7.09. The molecule has 1 aromatic carbocycles. The van der Waals surface area contributed by atoms with E-state index in [1.54, 1.807) is 11.1 Å². The van der Waals surface area contributed by atoms with Gasteiger partial charge in [0.1, 0.15) is 12.1 Å². The second kappa shape index (κ2) is 9.40. The van der Waals surface area contributed by atoms with E-state index in [2.05, 4.69) is 33.2 Å². The maximum absolute atomic E-state index is 13.4. The number of benzene rings is 1. The van der Waals surface area contributed by atoms with E-state index < -0.39 is 11.6 Å². The van der Waals surface area contributed by atoms with Crippen LogP contribution in [0.3, 0.4) is 0 Å². The monoisotopic (exact) mass is 498 g/mol. The second-order valence-corrected chi connectivity index (χ2v) is 9.45. The van der Waals surface area contributed by atoms with Crippen molar-refractivity contribution in [1.82, 2.24) is 15.2 Å². The molecule has 0 atom stereocenters. The highest BCUT2D eigenvalue weighted by Crippen LogP contribution is 2.37. The lowest BCUT2D eigenvalue weighted by Gasteiger charge is -2.34. The van der Waals surface area contributed by atoms with Crippen LogP contribution in [0.4, 0.5) is 10.5 Å². The van der Waals surface area contributed by atoms with Crippen molar-refractivity contribution >= 4 is 39.5 Å². The van der Waals surface area contributed by atoms with Crippen molar-refractivity contribution in [3.05, 3.63) is 58.8 Å². The van der Waals surface area contributed by atoms with Gasteiger partial charge in [-0.1, -0.05) is 35.3 Å². The van der Waals surface area contributed by atoms with Gasteiger partial charge in [0.15, 0.2) is 0 Å². The first-order chi connectivity index (χ1) is 15.4. The summed E-state index contributed by atoms with van der Waals surface area (Å²) in [5, 5.41) is 2.90. The lowest BCUT2D eigenvalue weighted by atomic mass is 9.75. The molecule has 1 aliphatic heterocycles. The molecule has 7 nitrogen and oxygen atoms in total. The minimum atomic E-state index is -0.855. The highest BCUT2D eigenvalue weighted by atomic mass is 79.9. The Bertz CT molecular complexity index is 988. The molecule has 8 heteroatoms. The summed E-state index contributed by atoms with van der Waals surface area (Å²) in [5.41, 5.74) is 0.538. The van der Waals surface area contributed by atoms with E-state index in [-0.39, 0.29) is 24.9 Å². The number of carbonyl (C=O) groups excluding carboxylic acids is 3. The van der Waals surface area contributed by atoms with Gasteiger partial charge in [0.25, 0.3) is 5.91 Å². The van der Waals surface area contributed by atoms with Crippen LogP contribution in [0.1, 0.15) is 44.7 Å². The van der Waals surface area contributed by atoms with E-state index >= 15 is 0 Å². The number of nitrogens with zero attached hydrogens (tertiary/aromatic N) is 3. The van der Waals surface area contributed by atoms with E-state index in [1.165, 1.54) is 0 Å². The van der Waals surface area contributed by atoms with Crippen molar-refractivity contribution in [3.63, 3.8) is 0 Å². The lowest BCUT2D eigenvalue weighted by molar-refractivity contribution is -0.135. The number of rotatable bonds is 6. The normalized spacial score (nSPS) is 22.8. The molecule has 4 rings (SSSR count). The van der Waals surface area contributed by atoms with E-state index in [1.807, 2.05) is 42.5 Å². The third-order valence-electron chi connectivity index (χ3n) is 6.56. The maximum atomic E-state index is 13.4. The van der Waals surface area contributed by atoms with Crippen LogP contribution in [-0.4, -0.2) is 39.8 Å². The molecule has 1 spiro atoms. The first kappa shape index (κ1) is 22.5. The molecule has 4 amide bonds. The van der Waals surface area contributed by atoms with Crippen LogP contribution in [0.2, 0.25) is 0 Å². The topological polar surface area (TPSA) is 82.6 Å². The maximum Gasteiger partial charge on any atom is 0.325 e. The molecule has 0 bridgehead atoms. The second-order valence-electron chi connectivity index (χ2n) is 8.53. The van der Waals surface area contributed by atoms with Gasteiger partial charge in [-0.3, -0.25) is 19.5 Å². The number of aromatic nitrogens is 1. The molecular weight excluding hydrogens is 472 g/mol. The zero-order valence-electron chi connectivity index (χ0n) is 18.1. The minimum absolute atomic E-state index is 0.244. The van der Waals surface area contributed by atoms with Crippen molar-refractivity contribution in [1.29, 1.82) is 0 Å². The average Bonchev–Trinajstić information content (AvgIpc) is 3.03. The SMILES string of the molecule is CCC1CCC2(CC1)NC(=O)N(CC(=O)N(Cc1ccccn1)c1ccc(Br)cc1)C2=O. The number of pyridine rings is 1. The molecule has 2 aromatic rings. The number of hydrogen-bond acceptors (Lipinski definition) is 4. The average molecular weight is 499 g/mol. The van der Waals surface area contributed by atoms with Gasteiger partial charge in [0.05, 0.1) is 12.2 Å². The van der Waals surface area contributed by atoms with Crippen LogP contribution in [0.15, 0.2) is 53.1 Å². The first-order valence-electron chi connectivity index (χ1n) is 11.0. The molecule has 1 saturated carbocycles. The lowest BCUT2D eigenvalue weighted by Crippen LogP contribution is -2.50. The minimum Gasteiger partial charge on any atom is -0.323 e. The molecule has 1 N–H and O–H groups in total. The number of halogens is 1. The van der Waals surface area contributed by atoms with E-state index in [0.717, 1.165) is 34.3 Å². The van der Waals surface area contributed by atoms with Gasteiger partial charge in [-0.25, -0.2) is 4.79 Å². The van der Waals surface area contributed by atoms with Crippen molar-refractivity contribution in [3.8, 4) is 0 Å². The zero-order chi connectivity index (χ0) is 22.7. The number of urea groups is 1. The quantitative estimate of drug-likeness (QED) is 0.602. The summed E-state index contributed by atoms with van der Waals surface area (Å²) in [5.74, 6) is -0.0213. The number of hydrogen-bond donors (Lipinski definition) is 1. The molecular formula is C24H27BrN4O3. The third kappa shape index (κ3) is 4.55. The molecule has 32 heavy (non-hydrogen) atoms. The van der Waals surface area contributed by atoms with Crippen molar-refractivity contribution in [2.75, 3.05) is 11.4 Å². The zero-order valence-corrected chi connectivity index (χ0v) is 19.7. The number of carbonyl (C=O) groups is 3. The summed E-state index contributed by atoms with van der Waals surface area (Å²) in [7, 11) is 0. The number of nitrogens with one attached hydrogen (secondary N) is 1. The summed E-state index contributed by atoms with van der Waals surface area (Å²) in [6.07, 6.45) is 5.84. The van der Waals surface area contributed by atoms with Gasteiger partial charge in [-0.15, -0.1) is 0 Å². The van der Waals surface area contributed by atoms with Crippen LogP contribution in [-0.2, 0) is 16.1 Å². The van der Waals surface area contributed by atoms with E-state index in [0.29, 0.717) is 24.4 Å². The largest absolute Gasteiger partial charge is 0.325 e. The molecule has 2 heterocycles. The van der Waals surface area contributed by atoms with Gasteiger partial charge in [-0.2, -0.15) is 0 Å². The predicted octanol–water partition coefficient (Wildman–Crippen LogP) is 4.27. The number of amides is 4.